The third-order valence-corrected chi connectivity index (χ3v) is 0.951. The zero-order chi connectivity index (χ0) is 7.11. The SMILES string of the molecule is CCCC/C=C\[N+](=O)[O-]. The second kappa shape index (κ2) is 5.28. The Hall–Kier alpha value is -0.860. The molecule has 0 N–H and O–H groups in total. The van der Waals surface area contributed by atoms with Crippen molar-refractivity contribution in [3.05, 3.63) is 22.4 Å². The molecule has 0 fully saturated rings. The number of rotatable bonds is 4. The second-order valence-corrected chi connectivity index (χ2v) is 1.81. The van der Waals surface area contributed by atoms with E-state index in [1.807, 2.05) is 0 Å². The first-order valence-corrected chi connectivity index (χ1v) is 3.07. The molecule has 0 aliphatic rings. The van der Waals surface area contributed by atoms with Crippen molar-refractivity contribution in [1.82, 2.24) is 0 Å². The summed E-state index contributed by atoms with van der Waals surface area (Å²) in [5.41, 5.74) is 0. The monoisotopic (exact) mass is 129 g/mol. The van der Waals surface area contributed by atoms with Gasteiger partial charge < -0.3 is 0 Å². The van der Waals surface area contributed by atoms with E-state index in [2.05, 4.69) is 6.92 Å². The summed E-state index contributed by atoms with van der Waals surface area (Å²) < 4.78 is 0. The van der Waals surface area contributed by atoms with E-state index in [-0.39, 0.29) is 0 Å². The van der Waals surface area contributed by atoms with E-state index in [1.165, 1.54) is 0 Å². The molecule has 52 valence electrons. The maximum atomic E-state index is 9.68. The summed E-state index contributed by atoms with van der Waals surface area (Å²) >= 11 is 0. The second-order valence-electron chi connectivity index (χ2n) is 1.81. The Morgan fingerprint density at radius 3 is 2.78 bits per heavy atom. The summed E-state index contributed by atoms with van der Waals surface area (Å²) in [6.45, 7) is 2.06. The van der Waals surface area contributed by atoms with Crippen molar-refractivity contribution < 1.29 is 4.92 Å². The molecule has 0 aromatic heterocycles. The predicted molar refractivity (Wildman–Crippen MR) is 35.7 cm³/mol. The standard InChI is InChI=1S/C6H11NO2/c1-2-3-4-5-6-7(8)9/h5-6H,2-4H2,1H3/b6-5-. The first kappa shape index (κ1) is 8.14. The fourth-order valence-corrected chi connectivity index (χ4v) is 0.483. The molecule has 0 heterocycles. The Bertz CT molecular complexity index is 110. The molecule has 9 heavy (non-hydrogen) atoms. The number of unbranched alkanes of at least 4 members (excludes halogenated alkanes) is 2. The van der Waals surface area contributed by atoms with Crippen molar-refractivity contribution >= 4 is 0 Å². The Balaban J connectivity index is 3.15. The van der Waals surface area contributed by atoms with Crippen LogP contribution in [0, 0.1) is 10.1 Å². The fraction of sp³-hybridized carbons (Fsp3) is 0.667. The van der Waals surface area contributed by atoms with Gasteiger partial charge in [0.25, 0.3) is 0 Å². The molecule has 0 saturated carbocycles. The van der Waals surface area contributed by atoms with Crippen LogP contribution in [0.3, 0.4) is 0 Å². The smallest absolute Gasteiger partial charge is 0.230 e. The van der Waals surface area contributed by atoms with Gasteiger partial charge in [-0.2, -0.15) is 0 Å². The molecular weight excluding hydrogens is 118 g/mol. The molecule has 0 aromatic carbocycles. The molecule has 0 unspecified atom stereocenters. The summed E-state index contributed by atoms with van der Waals surface area (Å²) in [4.78, 5) is 9.25. The molecule has 0 aromatic rings. The van der Waals surface area contributed by atoms with Crippen LogP contribution in [0.4, 0.5) is 0 Å². The third kappa shape index (κ3) is 7.14. The Kier molecular flexibility index (Phi) is 4.78. The highest BCUT2D eigenvalue weighted by Crippen LogP contribution is 1.93. The van der Waals surface area contributed by atoms with Gasteiger partial charge in [-0.15, -0.1) is 0 Å². The first-order valence-electron chi connectivity index (χ1n) is 3.07. The molecule has 0 atom stereocenters. The van der Waals surface area contributed by atoms with E-state index in [0.29, 0.717) is 0 Å². The minimum absolute atomic E-state index is 0.435. The van der Waals surface area contributed by atoms with Crippen molar-refractivity contribution in [3.63, 3.8) is 0 Å². The average Bonchev–Trinajstić information content (AvgIpc) is 1.80. The van der Waals surface area contributed by atoms with Gasteiger partial charge in [-0.1, -0.05) is 13.3 Å². The van der Waals surface area contributed by atoms with Crippen molar-refractivity contribution in [2.75, 3.05) is 0 Å². The highest BCUT2D eigenvalue weighted by Gasteiger charge is 1.82. The van der Waals surface area contributed by atoms with E-state index in [1.54, 1.807) is 6.08 Å². The van der Waals surface area contributed by atoms with Gasteiger partial charge in [-0.25, -0.2) is 0 Å². The Labute approximate surface area is 54.5 Å². The Morgan fingerprint density at radius 1 is 1.67 bits per heavy atom. The molecule has 0 aliphatic carbocycles. The van der Waals surface area contributed by atoms with Crippen molar-refractivity contribution in [1.29, 1.82) is 0 Å². The molecule has 3 heteroatoms. The topological polar surface area (TPSA) is 43.1 Å². The maximum Gasteiger partial charge on any atom is 0.230 e. The summed E-state index contributed by atoms with van der Waals surface area (Å²) in [5.74, 6) is 0. The van der Waals surface area contributed by atoms with Gasteiger partial charge in [0.1, 0.15) is 0 Å². The van der Waals surface area contributed by atoms with Gasteiger partial charge >= 0.3 is 0 Å². The van der Waals surface area contributed by atoms with Gasteiger partial charge in [-0.05, 0) is 18.9 Å². The average molecular weight is 129 g/mol. The summed E-state index contributed by atoms with van der Waals surface area (Å²) in [5, 5.41) is 9.68. The lowest BCUT2D eigenvalue weighted by molar-refractivity contribution is -0.402. The van der Waals surface area contributed by atoms with Crippen LogP contribution in [0.1, 0.15) is 26.2 Å². The lowest BCUT2D eigenvalue weighted by atomic mass is 10.2. The normalized spacial score (nSPS) is 10.3. The molecule has 0 amide bonds. The first-order chi connectivity index (χ1) is 4.27. The van der Waals surface area contributed by atoms with E-state index < -0.39 is 4.92 Å². The molecule has 0 bridgehead atoms. The lowest BCUT2D eigenvalue weighted by Crippen LogP contribution is -1.81. The van der Waals surface area contributed by atoms with Gasteiger partial charge in [0.05, 0.1) is 4.92 Å². The van der Waals surface area contributed by atoms with Crippen LogP contribution < -0.4 is 0 Å². The highest BCUT2D eigenvalue weighted by atomic mass is 16.6. The van der Waals surface area contributed by atoms with Gasteiger partial charge in [-0.3, -0.25) is 10.1 Å². The van der Waals surface area contributed by atoms with Crippen molar-refractivity contribution in [2.24, 2.45) is 0 Å². The minimum Gasteiger partial charge on any atom is -0.259 e. The summed E-state index contributed by atoms with van der Waals surface area (Å²) in [6.07, 6.45) is 5.52. The predicted octanol–water partition coefficient (Wildman–Crippen LogP) is 1.97. The van der Waals surface area contributed by atoms with E-state index in [9.17, 15) is 10.1 Å². The molecular formula is C6H11NO2. The van der Waals surface area contributed by atoms with Crippen molar-refractivity contribution in [2.45, 2.75) is 26.2 Å². The van der Waals surface area contributed by atoms with Crippen LogP contribution in [-0.4, -0.2) is 4.92 Å². The fourth-order valence-electron chi connectivity index (χ4n) is 0.483. The van der Waals surface area contributed by atoms with Crippen molar-refractivity contribution in [3.8, 4) is 0 Å². The zero-order valence-corrected chi connectivity index (χ0v) is 5.54. The largest absolute Gasteiger partial charge is 0.259 e. The molecule has 0 saturated heterocycles. The molecule has 0 spiro atoms. The van der Waals surface area contributed by atoms with Gasteiger partial charge in [0, 0.05) is 0 Å². The number of nitrogens with zero attached hydrogens (tertiary/aromatic N) is 1. The van der Waals surface area contributed by atoms with Crippen LogP contribution in [-0.2, 0) is 0 Å². The maximum absolute atomic E-state index is 9.68. The third-order valence-electron chi connectivity index (χ3n) is 0.951. The van der Waals surface area contributed by atoms with Crippen LogP contribution in [0.2, 0.25) is 0 Å². The van der Waals surface area contributed by atoms with Crippen LogP contribution in [0.5, 0.6) is 0 Å². The van der Waals surface area contributed by atoms with Crippen LogP contribution in [0.25, 0.3) is 0 Å². The van der Waals surface area contributed by atoms with E-state index in [0.717, 1.165) is 25.5 Å². The van der Waals surface area contributed by atoms with Crippen LogP contribution >= 0.6 is 0 Å². The Morgan fingerprint density at radius 2 is 2.33 bits per heavy atom. The summed E-state index contributed by atoms with van der Waals surface area (Å²) in [6, 6.07) is 0. The minimum atomic E-state index is -0.435. The molecule has 0 rings (SSSR count). The quantitative estimate of drug-likeness (QED) is 0.331. The van der Waals surface area contributed by atoms with Gasteiger partial charge in [0.2, 0.25) is 6.20 Å². The number of nitro groups is 1. The van der Waals surface area contributed by atoms with Crippen LogP contribution in [0.15, 0.2) is 12.3 Å². The number of hydrogen-bond donors (Lipinski definition) is 0. The highest BCUT2D eigenvalue weighted by molar-refractivity contribution is 4.71. The zero-order valence-electron chi connectivity index (χ0n) is 5.54. The van der Waals surface area contributed by atoms with E-state index in [4.69, 9.17) is 0 Å². The number of hydrogen-bond acceptors (Lipinski definition) is 2. The molecule has 0 radical (unpaired) electrons. The number of allylic oxidation sites excluding steroid dienone is 1. The molecule has 3 nitrogen and oxygen atoms in total. The lowest BCUT2D eigenvalue weighted by Gasteiger charge is -1.83. The summed E-state index contributed by atoms with van der Waals surface area (Å²) in [7, 11) is 0. The van der Waals surface area contributed by atoms with E-state index >= 15 is 0 Å². The van der Waals surface area contributed by atoms with Gasteiger partial charge in [0.15, 0.2) is 0 Å². The molecule has 0 aliphatic heterocycles.